The SMILES string of the molecule is COc1ccc(C(=O)OCC(=O)N[C@H](c2ccc3c(c2)OCCO3)C(C)C)cc1. The van der Waals surface area contributed by atoms with Crippen molar-refractivity contribution in [1.82, 2.24) is 5.32 Å². The molecular formula is C22H25NO6. The number of amides is 1. The molecular weight excluding hydrogens is 374 g/mol. The van der Waals surface area contributed by atoms with E-state index in [9.17, 15) is 9.59 Å². The highest BCUT2D eigenvalue weighted by molar-refractivity contribution is 5.91. The molecule has 7 nitrogen and oxygen atoms in total. The predicted molar refractivity (Wildman–Crippen MR) is 106 cm³/mol. The maximum Gasteiger partial charge on any atom is 0.338 e. The Hall–Kier alpha value is -3.22. The van der Waals surface area contributed by atoms with Gasteiger partial charge in [-0.3, -0.25) is 4.79 Å². The maximum atomic E-state index is 12.4. The fraction of sp³-hybridized carbons (Fsp3) is 0.364. The second-order valence-electron chi connectivity index (χ2n) is 7.00. The molecule has 0 bridgehead atoms. The first-order chi connectivity index (χ1) is 14.0. The number of ether oxygens (including phenoxy) is 4. The van der Waals surface area contributed by atoms with Crippen LogP contribution in [-0.2, 0) is 9.53 Å². The largest absolute Gasteiger partial charge is 0.497 e. The molecule has 1 N–H and O–H groups in total. The summed E-state index contributed by atoms with van der Waals surface area (Å²) in [5, 5.41) is 2.93. The van der Waals surface area contributed by atoms with Crippen molar-refractivity contribution in [2.24, 2.45) is 5.92 Å². The Balaban J connectivity index is 1.60. The van der Waals surface area contributed by atoms with E-state index in [1.807, 2.05) is 32.0 Å². The molecule has 0 aromatic heterocycles. The monoisotopic (exact) mass is 399 g/mol. The summed E-state index contributed by atoms with van der Waals surface area (Å²) in [6.07, 6.45) is 0. The quantitative estimate of drug-likeness (QED) is 0.721. The van der Waals surface area contributed by atoms with Gasteiger partial charge in [0, 0.05) is 0 Å². The average molecular weight is 399 g/mol. The maximum absolute atomic E-state index is 12.4. The molecule has 0 spiro atoms. The van der Waals surface area contributed by atoms with Crippen LogP contribution >= 0.6 is 0 Å². The molecule has 0 fully saturated rings. The Kier molecular flexibility index (Phi) is 6.59. The van der Waals surface area contributed by atoms with Crippen molar-refractivity contribution in [3.05, 3.63) is 53.6 Å². The van der Waals surface area contributed by atoms with Gasteiger partial charge in [-0.2, -0.15) is 0 Å². The minimum Gasteiger partial charge on any atom is -0.497 e. The number of esters is 1. The van der Waals surface area contributed by atoms with Crippen molar-refractivity contribution in [3.63, 3.8) is 0 Å². The standard InChI is InChI=1S/C22H25NO6/c1-14(2)21(16-6-9-18-19(12-16)28-11-10-27-18)23-20(24)13-29-22(25)15-4-7-17(26-3)8-5-15/h4-9,12,14,21H,10-11,13H2,1-3H3,(H,23,24)/t21-/m0/s1. The van der Waals surface area contributed by atoms with E-state index in [1.54, 1.807) is 31.4 Å². The molecule has 7 heteroatoms. The van der Waals surface area contributed by atoms with Crippen molar-refractivity contribution >= 4 is 11.9 Å². The van der Waals surface area contributed by atoms with E-state index < -0.39 is 5.97 Å². The topological polar surface area (TPSA) is 83.1 Å². The molecule has 1 atom stereocenters. The number of methoxy groups -OCH3 is 1. The van der Waals surface area contributed by atoms with Crippen LogP contribution in [0.15, 0.2) is 42.5 Å². The zero-order valence-electron chi connectivity index (χ0n) is 16.8. The van der Waals surface area contributed by atoms with Gasteiger partial charge in [-0.25, -0.2) is 4.79 Å². The first-order valence-electron chi connectivity index (χ1n) is 9.48. The summed E-state index contributed by atoms with van der Waals surface area (Å²) in [6, 6.07) is 11.9. The third kappa shape index (κ3) is 5.19. The molecule has 1 aliphatic heterocycles. The van der Waals surface area contributed by atoms with Crippen LogP contribution in [0.25, 0.3) is 0 Å². The van der Waals surface area contributed by atoms with Crippen LogP contribution in [0.3, 0.4) is 0 Å². The second kappa shape index (κ2) is 9.32. The number of carbonyl (C=O) groups excluding carboxylic acids is 2. The van der Waals surface area contributed by atoms with Gasteiger partial charge in [-0.15, -0.1) is 0 Å². The van der Waals surface area contributed by atoms with Crippen LogP contribution in [-0.4, -0.2) is 38.8 Å². The lowest BCUT2D eigenvalue weighted by molar-refractivity contribution is -0.125. The van der Waals surface area contributed by atoms with Crippen LogP contribution < -0.4 is 19.5 Å². The first-order valence-corrected chi connectivity index (χ1v) is 9.48. The molecule has 2 aromatic carbocycles. The highest BCUT2D eigenvalue weighted by Crippen LogP contribution is 2.34. The minimum atomic E-state index is -0.566. The Labute approximate surface area is 169 Å². The molecule has 0 unspecified atom stereocenters. The van der Waals surface area contributed by atoms with Crippen LogP contribution in [0.4, 0.5) is 0 Å². The molecule has 29 heavy (non-hydrogen) atoms. The zero-order valence-corrected chi connectivity index (χ0v) is 16.8. The third-order valence-electron chi connectivity index (χ3n) is 4.57. The predicted octanol–water partition coefficient (Wildman–Crippen LogP) is 3.14. The normalized spacial score (nSPS) is 13.5. The average Bonchev–Trinajstić information content (AvgIpc) is 2.75. The molecule has 154 valence electrons. The molecule has 1 aliphatic rings. The molecule has 0 saturated carbocycles. The zero-order chi connectivity index (χ0) is 20.8. The van der Waals surface area contributed by atoms with Crippen molar-refractivity contribution in [1.29, 1.82) is 0 Å². The Morgan fingerprint density at radius 3 is 2.38 bits per heavy atom. The van der Waals surface area contributed by atoms with Crippen LogP contribution in [0.5, 0.6) is 17.2 Å². The van der Waals surface area contributed by atoms with Gasteiger partial charge in [-0.05, 0) is 47.9 Å². The second-order valence-corrected chi connectivity index (χ2v) is 7.00. The summed E-state index contributed by atoms with van der Waals surface area (Å²) in [5.41, 5.74) is 1.25. The number of hydrogen-bond acceptors (Lipinski definition) is 6. The Morgan fingerprint density at radius 2 is 1.72 bits per heavy atom. The minimum absolute atomic E-state index is 0.124. The van der Waals surface area contributed by atoms with Gasteiger partial charge in [0.2, 0.25) is 0 Å². The fourth-order valence-corrected chi connectivity index (χ4v) is 3.04. The lowest BCUT2D eigenvalue weighted by Crippen LogP contribution is -2.35. The third-order valence-corrected chi connectivity index (χ3v) is 4.57. The van der Waals surface area contributed by atoms with Crippen molar-refractivity contribution in [2.75, 3.05) is 26.9 Å². The molecule has 0 aliphatic carbocycles. The summed E-state index contributed by atoms with van der Waals surface area (Å²) in [6.45, 7) is 4.67. The van der Waals surface area contributed by atoms with E-state index in [0.29, 0.717) is 36.0 Å². The molecule has 0 radical (unpaired) electrons. The molecule has 2 aromatic rings. The summed E-state index contributed by atoms with van der Waals surface area (Å²) >= 11 is 0. The van der Waals surface area contributed by atoms with Gasteiger partial charge < -0.3 is 24.3 Å². The summed E-state index contributed by atoms with van der Waals surface area (Å²) in [4.78, 5) is 24.5. The van der Waals surface area contributed by atoms with E-state index in [0.717, 1.165) is 5.56 Å². The highest BCUT2D eigenvalue weighted by atomic mass is 16.6. The van der Waals surface area contributed by atoms with E-state index in [2.05, 4.69) is 5.32 Å². The molecule has 1 amide bonds. The van der Waals surface area contributed by atoms with Gasteiger partial charge in [0.15, 0.2) is 18.1 Å². The van der Waals surface area contributed by atoms with Crippen molar-refractivity contribution in [3.8, 4) is 17.2 Å². The van der Waals surface area contributed by atoms with Gasteiger partial charge >= 0.3 is 5.97 Å². The number of benzene rings is 2. The summed E-state index contributed by atoms with van der Waals surface area (Å²) < 4.78 is 21.4. The van der Waals surface area contributed by atoms with E-state index >= 15 is 0 Å². The number of rotatable bonds is 7. The van der Waals surface area contributed by atoms with Crippen molar-refractivity contribution < 1.29 is 28.5 Å². The smallest absolute Gasteiger partial charge is 0.338 e. The van der Waals surface area contributed by atoms with Crippen LogP contribution in [0.1, 0.15) is 35.8 Å². The van der Waals surface area contributed by atoms with E-state index in [1.165, 1.54) is 0 Å². The number of nitrogens with one attached hydrogen (secondary N) is 1. The fourth-order valence-electron chi connectivity index (χ4n) is 3.04. The van der Waals surface area contributed by atoms with Crippen LogP contribution in [0, 0.1) is 5.92 Å². The Bertz CT molecular complexity index is 862. The van der Waals surface area contributed by atoms with Gasteiger partial charge in [-0.1, -0.05) is 19.9 Å². The summed E-state index contributed by atoms with van der Waals surface area (Å²) in [5.74, 6) is 1.18. The van der Waals surface area contributed by atoms with Crippen molar-refractivity contribution in [2.45, 2.75) is 19.9 Å². The van der Waals surface area contributed by atoms with Gasteiger partial charge in [0.1, 0.15) is 19.0 Å². The summed E-state index contributed by atoms with van der Waals surface area (Å²) in [7, 11) is 1.55. The lowest BCUT2D eigenvalue weighted by atomic mass is 9.95. The number of fused-ring (bicyclic) bond motifs is 1. The lowest BCUT2D eigenvalue weighted by Gasteiger charge is -2.25. The molecule has 3 rings (SSSR count). The van der Waals surface area contributed by atoms with Gasteiger partial charge in [0.05, 0.1) is 18.7 Å². The molecule has 0 saturated heterocycles. The first kappa shape index (κ1) is 20.5. The molecule has 1 heterocycles. The van der Waals surface area contributed by atoms with E-state index in [-0.39, 0.29) is 24.5 Å². The van der Waals surface area contributed by atoms with Crippen LogP contribution in [0.2, 0.25) is 0 Å². The highest BCUT2D eigenvalue weighted by Gasteiger charge is 2.22. The Morgan fingerprint density at radius 1 is 1.03 bits per heavy atom. The van der Waals surface area contributed by atoms with E-state index in [4.69, 9.17) is 18.9 Å². The van der Waals surface area contributed by atoms with Gasteiger partial charge in [0.25, 0.3) is 5.91 Å². The number of carbonyl (C=O) groups is 2. The number of hydrogen-bond donors (Lipinski definition) is 1.